The van der Waals surface area contributed by atoms with Gasteiger partial charge in [0.1, 0.15) is 11.8 Å². The van der Waals surface area contributed by atoms with E-state index in [0.29, 0.717) is 19.1 Å². The number of halogens is 1. The molecule has 0 bridgehead atoms. The third-order valence-electron chi connectivity index (χ3n) is 3.66. The van der Waals surface area contributed by atoms with Gasteiger partial charge in [0.2, 0.25) is 5.91 Å². The Balaban J connectivity index is 0.00000312. The summed E-state index contributed by atoms with van der Waals surface area (Å²) in [5, 5.41) is 2.89. The first-order valence-electron chi connectivity index (χ1n) is 8.36. The normalized spacial score (nSPS) is 11.5. The van der Waals surface area contributed by atoms with Crippen molar-refractivity contribution < 1.29 is 9.53 Å². The second-order valence-electron chi connectivity index (χ2n) is 6.28. The van der Waals surface area contributed by atoms with Crippen molar-refractivity contribution in [3.8, 4) is 5.75 Å². The molecule has 25 heavy (non-hydrogen) atoms. The Kier molecular flexibility index (Phi) is 9.03. The maximum atomic E-state index is 12.1. The Bertz CT molecular complexity index is 630. The van der Waals surface area contributed by atoms with Crippen molar-refractivity contribution in [2.75, 3.05) is 13.2 Å². The third kappa shape index (κ3) is 7.16. The molecule has 4 nitrogen and oxygen atoms in total. The maximum Gasteiger partial charge on any atom is 0.241 e. The van der Waals surface area contributed by atoms with Gasteiger partial charge in [-0.2, -0.15) is 0 Å². The molecule has 1 amide bonds. The molecule has 0 aliphatic heterocycles. The van der Waals surface area contributed by atoms with Crippen LogP contribution in [0, 0.1) is 5.92 Å². The monoisotopic (exact) mass is 362 g/mol. The summed E-state index contributed by atoms with van der Waals surface area (Å²) in [5.41, 5.74) is 7.94. The van der Waals surface area contributed by atoms with Crippen LogP contribution in [0.3, 0.4) is 0 Å². The molecular weight excluding hydrogens is 336 g/mol. The average Bonchev–Trinajstić information content (AvgIpc) is 2.61. The topological polar surface area (TPSA) is 64.3 Å². The number of carbonyl (C=O) groups excluding carboxylic acids is 1. The Hall–Kier alpha value is -2.04. The van der Waals surface area contributed by atoms with Crippen molar-refractivity contribution in [3.05, 3.63) is 65.7 Å². The van der Waals surface area contributed by atoms with E-state index in [-0.39, 0.29) is 18.3 Å². The fourth-order valence-corrected chi connectivity index (χ4v) is 2.27. The minimum atomic E-state index is -0.627. The number of nitrogens with two attached hydrogens (primary N) is 1. The summed E-state index contributed by atoms with van der Waals surface area (Å²) < 4.78 is 5.66. The highest BCUT2D eigenvalue weighted by atomic mass is 35.5. The SMILES string of the molecule is CC(C)COc1ccc(CCNC(=O)C(N)c2ccccc2)cc1.Cl. The van der Waals surface area contributed by atoms with E-state index < -0.39 is 6.04 Å². The molecule has 1 unspecified atom stereocenters. The molecule has 0 aromatic heterocycles. The number of carbonyl (C=O) groups is 1. The molecule has 0 saturated carbocycles. The van der Waals surface area contributed by atoms with Crippen LogP contribution in [0.4, 0.5) is 0 Å². The van der Waals surface area contributed by atoms with E-state index in [1.54, 1.807) is 0 Å². The minimum Gasteiger partial charge on any atom is -0.493 e. The Morgan fingerprint density at radius 3 is 2.32 bits per heavy atom. The number of hydrogen-bond donors (Lipinski definition) is 2. The fraction of sp³-hybridized carbons (Fsp3) is 0.350. The number of hydrogen-bond acceptors (Lipinski definition) is 3. The smallest absolute Gasteiger partial charge is 0.241 e. The number of nitrogens with one attached hydrogen (secondary N) is 1. The molecule has 0 heterocycles. The van der Waals surface area contributed by atoms with Gasteiger partial charge in [-0.1, -0.05) is 56.3 Å². The first kappa shape index (κ1) is 21.0. The molecule has 136 valence electrons. The molecule has 0 aliphatic rings. The average molecular weight is 363 g/mol. The van der Waals surface area contributed by atoms with Gasteiger partial charge in [-0.3, -0.25) is 4.79 Å². The zero-order valence-electron chi connectivity index (χ0n) is 14.8. The number of amides is 1. The lowest BCUT2D eigenvalue weighted by Gasteiger charge is -2.13. The second kappa shape index (κ2) is 10.7. The highest BCUT2D eigenvalue weighted by Crippen LogP contribution is 2.14. The fourth-order valence-electron chi connectivity index (χ4n) is 2.27. The predicted molar refractivity (Wildman–Crippen MR) is 104 cm³/mol. The molecule has 3 N–H and O–H groups in total. The van der Waals surface area contributed by atoms with Crippen LogP contribution in [0.5, 0.6) is 5.75 Å². The molecule has 0 spiro atoms. The zero-order chi connectivity index (χ0) is 17.4. The molecular formula is C20H27ClN2O2. The standard InChI is InChI=1S/C20H26N2O2.ClH/c1-15(2)14-24-18-10-8-16(9-11-18)12-13-22-20(23)19(21)17-6-4-3-5-7-17;/h3-11,15,19H,12-14,21H2,1-2H3,(H,22,23);1H. The van der Waals surface area contributed by atoms with Gasteiger partial charge in [0.25, 0.3) is 0 Å². The van der Waals surface area contributed by atoms with Crippen LogP contribution in [0.1, 0.15) is 31.0 Å². The van der Waals surface area contributed by atoms with Crippen LogP contribution in [0.15, 0.2) is 54.6 Å². The molecule has 1 atom stereocenters. The van der Waals surface area contributed by atoms with E-state index in [9.17, 15) is 4.79 Å². The van der Waals surface area contributed by atoms with Gasteiger partial charge in [0.05, 0.1) is 6.61 Å². The van der Waals surface area contributed by atoms with Gasteiger partial charge in [-0.25, -0.2) is 0 Å². The molecule has 2 rings (SSSR count). The summed E-state index contributed by atoms with van der Waals surface area (Å²) in [7, 11) is 0. The summed E-state index contributed by atoms with van der Waals surface area (Å²) in [5.74, 6) is 1.23. The van der Waals surface area contributed by atoms with Gasteiger partial charge in [-0.05, 0) is 35.6 Å². The van der Waals surface area contributed by atoms with E-state index in [1.807, 2.05) is 54.6 Å². The van der Waals surface area contributed by atoms with Crippen LogP contribution in [-0.2, 0) is 11.2 Å². The van der Waals surface area contributed by atoms with Gasteiger partial charge < -0.3 is 15.8 Å². The number of rotatable bonds is 8. The lowest BCUT2D eigenvalue weighted by atomic mass is 10.1. The summed E-state index contributed by atoms with van der Waals surface area (Å²) in [6, 6.07) is 16.8. The van der Waals surface area contributed by atoms with Crippen molar-refractivity contribution in [1.82, 2.24) is 5.32 Å². The Morgan fingerprint density at radius 1 is 1.08 bits per heavy atom. The molecule has 5 heteroatoms. The first-order valence-corrected chi connectivity index (χ1v) is 8.36. The summed E-state index contributed by atoms with van der Waals surface area (Å²) in [4.78, 5) is 12.1. The minimum absolute atomic E-state index is 0. The Morgan fingerprint density at radius 2 is 1.72 bits per heavy atom. The maximum absolute atomic E-state index is 12.1. The summed E-state index contributed by atoms with van der Waals surface area (Å²) in [6.45, 7) is 5.52. The first-order chi connectivity index (χ1) is 11.6. The third-order valence-corrected chi connectivity index (χ3v) is 3.66. The quantitative estimate of drug-likeness (QED) is 0.755. The van der Waals surface area contributed by atoms with E-state index >= 15 is 0 Å². The van der Waals surface area contributed by atoms with Crippen LogP contribution in [0.2, 0.25) is 0 Å². The van der Waals surface area contributed by atoms with Crippen LogP contribution >= 0.6 is 12.4 Å². The highest BCUT2D eigenvalue weighted by molar-refractivity contribution is 5.85. The van der Waals surface area contributed by atoms with Crippen molar-refractivity contribution >= 4 is 18.3 Å². The van der Waals surface area contributed by atoms with Crippen LogP contribution in [-0.4, -0.2) is 19.1 Å². The molecule has 2 aromatic rings. The van der Waals surface area contributed by atoms with Crippen molar-refractivity contribution in [2.45, 2.75) is 26.3 Å². The van der Waals surface area contributed by atoms with E-state index in [2.05, 4.69) is 19.2 Å². The largest absolute Gasteiger partial charge is 0.493 e. The van der Waals surface area contributed by atoms with Crippen molar-refractivity contribution in [1.29, 1.82) is 0 Å². The number of benzene rings is 2. The number of ether oxygens (including phenoxy) is 1. The summed E-state index contributed by atoms with van der Waals surface area (Å²) >= 11 is 0. The predicted octanol–water partition coefficient (Wildman–Crippen LogP) is 3.50. The van der Waals surface area contributed by atoms with Crippen LogP contribution < -0.4 is 15.8 Å². The molecule has 2 aromatic carbocycles. The molecule has 0 radical (unpaired) electrons. The molecule has 0 aliphatic carbocycles. The second-order valence-corrected chi connectivity index (χ2v) is 6.28. The van der Waals surface area contributed by atoms with E-state index in [0.717, 1.165) is 23.3 Å². The highest BCUT2D eigenvalue weighted by Gasteiger charge is 2.14. The summed E-state index contributed by atoms with van der Waals surface area (Å²) in [6.07, 6.45) is 0.762. The molecule has 0 fully saturated rings. The lowest BCUT2D eigenvalue weighted by molar-refractivity contribution is -0.122. The van der Waals surface area contributed by atoms with Gasteiger partial charge in [0.15, 0.2) is 0 Å². The van der Waals surface area contributed by atoms with E-state index in [1.165, 1.54) is 0 Å². The van der Waals surface area contributed by atoms with Crippen molar-refractivity contribution in [3.63, 3.8) is 0 Å². The van der Waals surface area contributed by atoms with Crippen molar-refractivity contribution in [2.24, 2.45) is 11.7 Å². The van der Waals surface area contributed by atoms with Gasteiger partial charge in [-0.15, -0.1) is 12.4 Å². The van der Waals surface area contributed by atoms with Crippen LogP contribution in [0.25, 0.3) is 0 Å². The van der Waals surface area contributed by atoms with Gasteiger partial charge >= 0.3 is 0 Å². The van der Waals surface area contributed by atoms with Gasteiger partial charge in [0, 0.05) is 6.54 Å². The zero-order valence-corrected chi connectivity index (χ0v) is 15.6. The lowest BCUT2D eigenvalue weighted by Crippen LogP contribution is -2.35. The van der Waals surface area contributed by atoms with E-state index in [4.69, 9.17) is 10.5 Å². The molecule has 0 saturated heterocycles. The Labute approximate surface area is 156 Å².